The molecule has 1 atom stereocenters. The summed E-state index contributed by atoms with van der Waals surface area (Å²) >= 11 is 9.10. The molecule has 2 aromatic rings. The summed E-state index contributed by atoms with van der Waals surface area (Å²) in [6.07, 6.45) is 4.18. The zero-order valence-corrected chi connectivity index (χ0v) is 14.9. The van der Waals surface area contributed by atoms with Crippen LogP contribution in [-0.2, 0) is 4.74 Å². The van der Waals surface area contributed by atoms with Crippen LogP contribution in [0.25, 0.3) is 11.0 Å². The number of nitrogens with zero attached hydrogens (tertiary/aromatic N) is 1. The first-order valence-corrected chi connectivity index (χ1v) is 8.82. The number of nitrogens with one attached hydrogen (secondary N) is 1. The number of hydrogen-bond donors (Lipinski definition) is 1. The fourth-order valence-electron chi connectivity index (χ4n) is 3.43. The van der Waals surface area contributed by atoms with E-state index in [0.29, 0.717) is 6.04 Å². The number of ether oxygens (including phenoxy) is 1. The molecule has 1 aromatic carbocycles. The second kappa shape index (κ2) is 5.86. The van der Waals surface area contributed by atoms with Gasteiger partial charge in [-0.25, -0.2) is 0 Å². The first-order valence-electron chi connectivity index (χ1n) is 7.62. The summed E-state index contributed by atoms with van der Waals surface area (Å²) in [7, 11) is 0. The van der Waals surface area contributed by atoms with Gasteiger partial charge in [0.2, 0.25) is 0 Å². The molecule has 0 aliphatic carbocycles. The number of rotatable bonds is 3. The lowest BCUT2D eigenvalue weighted by molar-refractivity contribution is -0.0983. The quantitative estimate of drug-likeness (QED) is 0.737. The van der Waals surface area contributed by atoms with E-state index in [9.17, 15) is 0 Å². The van der Waals surface area contributed by atoms with Crippen molar-refractivity contribution in [2.75, 3.05) is 6.61 Å². The predicted molar refractivity (Wildman–Crippen MR) is 92.4 cm³/mol. The van der Waals surface area contributed by atoms with E-state index in [-0.39, 0.29) is 5.60 Å². The average Bonchev–Trinajstić information content (AvgIpc) is 2.82. The Morgan fingerprint density at radius 2 is 2.19 bits per heavy atom. The SMILES string of the molecule is CCC1(CC)CC(n2c(=S)[nH]c3cc(Br)ccc32)CCO1. The maximum absolute atomic E-state index is 6.10. The molecule has 114 valence electrons. The van der Waals surface area contributed by atoms with E-state index >= 15 is 0 Å². The molecule has 5 heteroatoms. The average molecular weight is 369 g/mol. The van der Waals surface area contributed by atoms with Crippen molar-refractivity contribution < 1.29 is 4.74 Å². The van der Waals surface area contributed by atoms with Gasteiger partial charge >= 0.3 is 0 Å². The molecule has 1 N–H and O–H groups in total. The van der Waals surface area contributed by atoms with Gasteiger partial charge in [0.1, 0.15) is 0 Å². The van der Waals surface area contributed by atoms with Gasteiger partial charge in [-0.2, -0.15) is 0 Å². The molecule has 3 rings (SSSR count). The Morgan fingerprint density at radius 3 is 2.90 bits per heavy atom. The number of H-pyrrole nitrogens is 1. The molecule has 1 unspecified atom stereocenters. The van der Waals surface area contributed by atoms with Crippen LogP contribution < -0.4 is 0 Å². The van der Waals surface area contributed by atoms with Crippen LogP contribution in [-0.4, -0.2) is 21.8 Å². The number of hydrogen-bond acceptors (Lipinski definition) is 2. The standard InChI is InChI=1S/C16H21BrN2OS/c1-3-16(4-2)10-12(7-8-20-16)19-14-6-5-11(17)9-13(14)18-15(19)21/h5-6,9,12H,3-4,7-8,10H2,1-2H3,(H,18,21). The summed E-state index contributed by atoms with van der Waals surface area (Å²) in [5.41, 5.74) is 2.30. The van der Waals surface area contributed by atoms with Gasteiger partial charge in [0.25, 0.3) is 0 Å². The van der Waals surface area contributed by atoms with Gasteiger partial charge in [0, 0.05) is 17.1 Å². The maximum atomic E-state index is 6.10. The molecular weight excluding hydrogens is 348 g/mol. The van der Waals surface area contributed by atoms with Crippen LogP contribution in [0.3, 0.4) is 0 Å². The Morgan fingerprint density at radius 1 is 1.43 bits per heavy atom. The molecule has 3 nitrogen and oxygen atoms in total. The summed E-state index contributed by atoms with van der Waals surface area (Å²) in [6.45, 7) is 5.26. The highest BCUT2D eigenvalue weighted by atomic mass is 79.9. The lowest BCUT2D eigenvalue weighted by Gasteiger charge is -2.40. The number of aromatic nitrogens is 2. The third-order valence-corrected chi connectivity index (χ3v) is 5.59. The lowest BCUT2D eigenvalue weighted by atomic mass is 9.86. The minimum atomic E-state index is 0.0106. The van der Waals surface area contributed by atoms with Gasteiger partial charge < -0.3 is 14.3 Å². The van der Waals surface area contributed by atoms with E-state index in [1.807, 2.05) is 0 Å². The minimum Gasteiger partial charge on any atom is -0.375 e. The first-order chi connectivity index (χ1) is 10.1. The van der Waals surface area contributed by atoms with E-state index < -0.39 is 0 Å². The number of benzene rings is 1. The van der Waals surface area contributed by atoms with Crippen molar-refractivity contribution in [2.24, 2.45) is 0 Å². The van der Waals surface area contributed by atoms with Gasteiger partial charge in [-0.1, -0.05) is 29.8 Å². The Bertz CT molecular complexity index is 702. The third-order valence-electron chi connectivity index (χ3n) is 4.80. The van der Waals surface area contributed by atoms with Gasteiger partial charge in [-0.05, 0) is 56.1 Å². The van der Waals surface area contributed by atoms with Gasteiger partial charge in [-0.15, -0.1) is 0 Å². The largest absolute Gasteiger partial charge is 0.375 e. The van der Waals surface area contributed by atoms with Crippen LogP contribution in [0.5, 0.6) is 0 Å². The monoisotopic (exact) mass is 368 g/mol. The smallest absolute Gasteiger partial charge is 0.178 e. The van der Waals surface area contributed by atoms with Crippen LogP contribution in [0.4, 0.5) is 0 Å². The molecule has 2 heterocycles. The molecule has 1 saturated heterocycles. The molecule has 1 aliphatic heterocycles. The molecule has 0 saturated carbocycles. The summed E-state index contributed by atoms with van der Waals surface area (Å²) < 4.78 is 10.3. The van der Waals surface area contributed by atoms with Gasteiger partial charge in [0.05, 0.1) is 16.6 Å². The van der Waals surface area contributed by atoms with E-state index in [0.717, 1.165) is 47.1 Å². The predicted octanol–water partition coefficient (Wildman–Crippen LogP) is 5.37. The number of aromatic amines is 1. The summed E-state index contributed by atoms with van der Waals surface area (Å²) in [5.74, 6) is 0. The number of halogens is 1. The fourth-order valence-corrected chi connectivity index (χ4v) is 4.15. The van der Waals surface area contributed by atoms with E-state index in [4.69, 9.17) is 17.0 Å². The van der Waals surface area contributed by atoms with Gasteiger partial charge in [-0.3, -0.25) is 0 Å². The van der Waals surface area contributed by atoms with Crippen LogP contribution >= 0.6 is 28.1 Å². The van der Waals surface area contributed by atoms with Crippen molar-refractivity contribution in [2.45, 2.75) is 51.2 Å². The topological polar surface area (TPSA) is 29.9 Å². The number of fused-ring (bicyclic) bond motifs is 1. The van der Waals surface area contributed by atoms with Crippen LogP contribution in [0.1, 0.15) is 45.6 Å². The summed E-state index contributed by atoms with van der Waals surface area (Å²) in [5, 5.41) is 0. The van der Waals surface area contributed by atoms with Gasteiger partial charge in [0.15, 0.2) is 4.77 Å². The van der Waals surface area contributed by atoms with E-state index in [1.165, 1.54) is 5.52 Å². The second-order valence-corrected chi connectivity index (χ2v) is 7.15. The first kappa shape index (κ1) is 15.3. The Hall–Kier alpha value is -0.650. The van der Waals surface area contributed by atoms with Crippen LogP contribution in [0.2, 0.25) is 0 Å². The lowest BCUT2D eigenvalue weighted by Crippen LogP contribution is -2.39. The molecule has 0 bridgehead atoms. The molecular formula is C16H21BrN2OS. The highest BCUT2D eigenvalue weighted by Crippen LogP contribution is 2.38. The van der Waals surface area contributed by atoms with E-state index in [1.54, 1.807) is 0 Å². The van der Waals surface area contributed by atoms with Crippen molar-refractivity contribution in [1.82, 2.24) is 9.55 Å². The Labute approximate surface area is 138 Å². The van der Waals surface area contributed by atoms with E-state index in [2.05, 4.69) is 57.5 Å². The number of imidazole rings is 1. The van der Waals surface area contributed by atoms with Crippen molar-refractivity contribution in [3.05, 3.63) is 27.4 Å². The molecule has 1 fully saturated rings. The Balaban J connectivity index is 2.04. The fraction of sp³-hybridized carbons (Fsp3) is 0.562. The van der Waals surface area contributed by atoms with Crippen molar-refractivity contribution in [1.29, 1.82) is 0 Å². The highest BCUT2D eigenvalue weighted by molar-refractivity contribution is 9.10. The molecule has 0 amide bonds. The van der Waals surface area contributed by atoms with Crippen LogP contribution in [0.15, 0.2) is 22.7 Å². The minimum absolute atomic E-state index is 0.0106. The van der Waals surface area contributed by atoms with Crippen molar-refractivity contribution in [3.8, 4) is 0 Å². The van der Waals surface area contributed by atoms with Crippen molar-refractivity contribution in [3.63, 3.8) is 0 Å². The summed E-state index contributed by atoms with van der Waals surface area (Å²) in [4.78, 5) is 3.34. The zero-order valence-electron chi connectivity index (χ0n) is 12.5. The zero-order chi connectivity index (χ0) is 15.0. The Kier molecular flexibility index (Phi) is 4.26. The third kappa shape index (κ3) is 2.71. The molecule has 0 spiro atoms. The maximum Gasteiger partial charge on any atom is 0.178 e. The highest BCUT2D eigenvalue weighted by Gasteiger charge is 2.35. The summed E-state index contributed by atoms with van der Waals surface area (Å²) in [6, 6.07) is 6.73. The van der Waals surface area contributed by atoms with Crippen molar-refractivity contribution >= 4 is 39.2 Å². The molecule has 1 aliphatic rings. The van der Waals surface area contributed by atoms with Crippen LogP contribution in [0, 0.1) is 4.77 Å². The second-order valence-electron chi connectivity index (χ2n) is 5.85. The normalized spacial score (nSPS) is 21.8. The molecule has 1 aromatic heterocycles. The molecule has 0 radical (unpaired) electrons. The molecule has 21 heavy (non-hydrogen) atoms.